The van der Waals surface area contributed by atoms with E-state index in [1.165, 1.54) is 22.1 Å². The van der Waals surface area contributed by atoms with Crippen LogP contribution in [0, 0.1) is 13.8 Å². The highest BCUT2D eigenvalue weighted by Gasteiger charge is 2.30. The number of hydrogen-bond acceptors (Lipinski definition) is 3. The zero-order valence-electron chi connectivity index (χ0n) is 15.8. The predicted octanol–water partition coefficient (Wildman–Crippen LogP) is 6.14. The average Bonchev–Trinajstić information content (AvgIpc) is 3.03. The third-order valence-corrected chi connectivity index (χ3v) is 7.46. The molecule has 0 saturated carbocycles. The maximum Gasteiger partial charge on any atom is 0.343 e. The molecule has 1 aromatic heterocycles. The maximum absolute atomic E-state index is 12.5. The van der Waals surface area contributed by atoms with Crippen molar-refractivity contribution in [3.63, 3.8) is 0 Å². The third kappa shape index (κ3) is 2.68. The van der Waals surface area contributed by atoms with Crippen molar-refractivity contribution in [3.05, 3.63) is 71.3 Å². The lowest BCUT2D eigenvalue weighted by Gasteiger charge is -2.07. The minimum absolute atomic E-state index is 0.292. The number of aryl methyl sites for hydroxylation is 2. The van der Waals surface area contributed by atoms with Crippen molar-refractivity contribution in [2.45, 2.75) is 13.8 Å². The number of rotatable bonds is 3. The third-order valence-electron chi connectivity index (χ3n) is 4.93. The second-order valence-corrected chi connectivity index (χ2v) is 8.46. The lowest BCUT2D eigenvalue weighted by Crippen LogP contribution is -2.01. The van der Waals surface area contributed by atoms with Gasteiger partial charge in [0.15, 0.2) is 9.60 Å². The summed E-state index contributed by atoms with van der Waals surface area (Å²) >= 11 is 0. The topological polar surface area (TPSA) is 35.5 Å². The zero-order valence-corrected chi connectivity index (χ0v) is 16.6. The molecule has 136 valence electrons. The minimum atomic E-state index is -0.363. The van der Waals surface area contributed by atoms with E-state index in [2.05, 4.69) is 50.2 Å². The Labute approximate surface area is 161 Å². The molecule has 3 aromatic carbocycles. The van der Waals surface area contributed by atoms with E-state index in [1.54, 1.807) is 7.11 Å². The van der Waals surface area contributed by atoms with Gasteiger partial charge in [-0.15, -0.1) is 0 Å². The van der Waals surface area contributed by atoms with Gasteiger partial charge < -0.3 is 9.47 Å². The Morgan fingerprint density at radius 3 is 2.37 bits per heavy atom. The van der Waals surface area contributed by atoms with E-state index in [9.17, 15) is 4.79 Å². The number of methoxy groups -OCH3 is 2. The molecule has 0 bridgehead atoms. The second kappa shape index (κ2) is 6.71. The van der Waals surface area contributed by atoms with E-state index < -0.39 is 0 Å². The van der Waals surface area contributed by atoms with Crippen molar-refractivity contribution in [1.29, 1.82) is 0 Å². The summed E-state index contributed by atoms with van der Waals surface area (Å²) < 4.78 is 12.9. The largest absolute Gasteiger partial charge is 0.496 e. The highest BCUT2D eigenvalue weighted by molar-refractivity contribution is 7.50. The molecule has 0 radical (unpaired) electrons. The normalized spacial score (nSPS) is 11.8. The second-order valence-electron chi connectivity index (χ2n) is 6.56. The summed E-state index contributed by atoms with van der Waals surface area (Å²) in [7, 11) is 2.77. The standard InChI is InChI=1S/C23H21O3S/c1-14-13-21(15(2)12-19(14)25-3)27-20-11-6-5-8-16(20)17-9-7-10-18(22(17)27)23(24)26-4/h5-13H,1-4H3/q+1. The van der Waals surface area contributed by atoms with Crippen LogP contribution in [0.5, 0.6) is 5.75 Å². The Balaban J connectivity index is 2.19. The Hall–Kier alpha value is -2.85. The van der Waals surface area contributed by atoms with E-state index in [-0.39, 0.29) is 16.4 Å². The van der Waals surface area contributed by atoms with Gasteiger partial charge in [0.25, 0.3) is 0 Å². The van der Waals surface area contributed by atoms with Crippen molar-refractivity contribution in [2.75, 3.05) is 14.2 Å². The molecule has 4 rings (SSSR count). The fourth-order valence-corrected chi connectivity index (χ4v) is 6.38. The first kappa shape index (κ1) is 17.6. The predicted molar refractivity (Wildman–Crippen MR) is 113 cm³/mol. The molecule has 27 heavy (non-hydrogen) atoms. The average molecular weight is 377 g/mol. The van der Waals surface area contributed by atoms with Crippen molar-refractivity contribution < 1.29 is 14.3 Å². The van der Waals surface area contributed by atoms with Gasteiger partial charge in [0.2, 0.25) is 4.70 Å². The van der Waals surface area contributed by atoms with Crippen LogP contribution in [-0.4, -0.2) is 20.2 Å². The van der Waals surface area contributed by atoms with Gasteiger partial charge in [-0.3, -0.25) is 0 Å². The van der Waals surface area contributed by atoms with Crippen LogP contribution < -0.4 is 4.74 Å². The van der Waals surface area contributed by atoms with Crippen LogP contribution in [0.2, 0.25) is 0 Å². The monoisotopic (exact) mass is 377 g/mol. The molecule has 0 aliphatic rings. The first-order chi connectivity index (χ1) is 13.1. The van der Waals surface area contributed by atoms with E-state index in [0.717, 1.165) is 27.0 Å². The highest BCUT2D eigenvalue weighted by atomic mass is 32.2. The summed E-state index contributed by atoms with van der Waals surface area (Å²) in [6.45, 7) is 4.16. The van der Waals surface area contributed by atoms with Crippen molar-refractivity contribution >= 4 is 36.6 Å². The van der Waals surface area contributed by atoms with Crippen molar-refractivity contribution in [3.8, 4) is 10.6 Å². The lowest BCUT2D eigenvalue weighted by molar-refractivity contribution is 0.0603. The molecule has 4 aromatic rings. The van der Waals surface area contributed by atoms with Gasteiger partial charge >= 0.3 is 5.97 Å². The molecule has 0 spiro atoms. The molecule has 3 nitrogen and oxygen atoms in total. The van der Waals surface area contributed by atoms with Gasteiger partial charge in [-0.2, -0.15) is 0 Å². The fraction of sp³-hybridized carbons (Fsp3) is 0.174. The quantitative estimate of drug-likeness (QED) is 0.318. The zero-order chi connectivity index (χ0) is 19.1. The molecular formula is C23H21O3S+. The summed E-state index contributed by atoms with van der Waals surface area (Å²) in [5, 5.41) is 2.30. The van der Waals surface area contributed by atoms with Gasteiger partial charge in [0.05, 0.1) is 14.2 Å². The number of esters is 1. The Morgan fingerprint density at radius 1 is 0.889 bits per heavy atom. The summed E-state index contributed by atoms with van der Waals surface area (Å²) in [4.78, 5) is 13.7. The van der Waals surface area contributed by atoms with Crippen LogP contribution in [0.4, 0.5) is 0 Å². The minimum Gasteiger partial charge on any atom is -0.496 e. The molecule has 0 N–H and O–H groups in total. The number of carbonyl (C=O) groups excluding carboxylic acids is 1. The smallest absolute Gasteiger partial charge is 0.343 e. The van der Waals surface area contributed by atoms with E-state index >= 15 is 0 Å². The Bertz CT molecular complexity index is 1190. The SMILES string of the molecule is COC(=O)c1cccc2c3ccccc3[s+](-c3cc(C)c(OC)cc3C)c12. The Morgan fingerprint density at radius 2 is 1.63 bits per heavy atom. The molecule has 0 amide bonds. The number of benzene rings is 3. The highest BCUT2D eigenvalue weighted by Crippen LogP contribution is 2.51. The number of carbonyl (C=O) groups is 1. The summed E-state index contributed by atoms with van der Waals surface area (Å²) in [6.07, 6.45) is 0. The van der Waals surface area contributed by atoms with Crippen LogP contribution in [0.1, 0.15) is 21.5 Å². The van der Waals surface area contributed by atoms with E-state index in [1.807, 2.05) is 18.2 Å². The summed E-state index contributed by atoms with van der Waals surface area (Å²) in [6, 6.07) is 18.6. The van der Waals surface area contributed by atoms with E-state index in [4.69, 9.17) is 9.47 Å². The van der Waals surface area contributed by atoms with Crippen LogP contribution in [0.3, 0.4) is 0 Å². The maximum atomic E-state index is 12.5. The van der Waals surface area contributed by atoms with Crippen molar-refractivity contribution in [1.82, 2.24) is 0 Å². The van der Waals surface area contributed by atoms with Gasteiger partial charge in [-0.25, -0.2) is 4.79 Å². The molecule has 1 atom stereocenters. The molecule has 0 saturated heterocycles. The Kier molecular flexibility index (Phi) is 4.36. The van der Waals surface area contributed by atoms with Gasteiger partial charge in [0.1, 0.15) is 11.3 Å². The van der Waals surface area contributed by atoms with Crippen LogP contribution in [0.25, 0.3) is 25.1 Å². The van der Waals surface area contributed by atoms with Gasteiger partial charge in [0, 0.05) is 32.9 Å². The number of ether oxygens (including phenoxy) is 2. The number of hydrogen-bond donors (Lipinski definition) is 0. The summed E-state index contributed by atoms with van der Waals surface area (Å²) in [5.41, 5.74) is 2.89. The first-order valence-electron chi connectivity index (χ1n) is 8.77. The molecule has 4 heteroatoms. The molecule has 1 heterocycles. The molecular weight excluding hydrogens is 356 g/mol. The fourth-order valence-electron chi connectivity index (χ4n) is 3.65. The lowest BCUT2D eigenvalue weighted by atomic mass is 10.1. The molecule has 1 unspecified atom stereocenters. The van der Waals surface area contributed by atoms with Gasteiger partial charge in [-0.05, 0) is 49.7 Å². The van der Waals surface area contributed by atoms with Gasteiger partial charge in [-0.1, -0.05) is 18.2 Å². The number of thiophene rings is 1. The van der Waals surface area contributed by atoms with Crippen LogP contribution in [0.15, 0.2) is 54.6 Å². The molecule has 0 fully saturated rings. The summed E-state index contributed by atoms with van der Waals surface area (Å²) in [5.74, 6) is 0.592. The molecule has 0 aliphatic heterocycles. The van der Waals surface area contributed by atoms with E-state index in [0.29, 0.717) is 5.56 Å². The van der Waals surface area contributed by atoms with Crippen LogP contribution >= 0.6 is 10.5 Å². The molecule has 0 aliphatic carbocycles. The van der Waals surface area contributed by atoms with Crippen molar-refractivity contribution in [2.24, 2.45) is 0 Å². The van der Waals surface area contributed by atoms with Crippen LogP contribution in [-0.2, 0) is 4.74 Å². The number of fused-ring (bicyclic) bond motifs is 3. The first-order valence-corrected chi connectivity index (χ1v) is 9.99.